The lowest BCUT2D eigenvalue weighted by Gasteiger charge is -2.34. The Balaban J connectivity index is 1.70. The number of aliphatic hydroxyl groups excluding tert-OH is 1. The van der Waals surface area contributed by atoms with E-state index in [2.05, 4.69) is 4.57 Å². The van der Waals surface area contributed by atoms with Crippen molar-refractivity contribution in [3.63, 3.8) is 0 Å². The van der Waals surface area contributed by atoms with E-state index >= 15 is 0 Å². The highest BCUT2D eigenvalue weighted by Gasteiger charge is 2.35. The van der Waals surface area contributed by atoms with Gasteiger partial charge in [0.15, 0.2) is 0 Å². The molecule has 37 heavy (non-hydrogen) atoms. The maximum Gasteiger partial charge on any atom is 0.414 e. The molecular formula is C29H34FN3O4. The van der Waals surface area contributed by atoms with E-state index in [-0.39, 0.29) is 29.6 Å². The fourth-order valence-electron chi connectivity index (χ4n) is 6.07. The lowest BCUT2D eigenvalue weighted by Crippen LogP contribution is -2.42. The maximum absolute atomic E-state index is 14.4. The third kappa shape index (κ3) is 4.41. The number of aliphatic hydroxyl groups is 1. The Morgan fingerprint density at radius 1 is 1.19 bits per heavy atom. The minimum Gasteiger partial charge on any atom is -0.452 e. The molecule has 1 N–H and O–H groups in total. The predicted octanol–water partition coefficient (Wildman–Crippen LogP) is 5.79. The second-order valence-corrected chi connectivity index (χ2v) is 10.5. The zero-order valence-electron chi connectivity index (χ0n) is 21.8. The van der Waals surface area contributed by atoms with Crippen molar-refractivity contribution in [1.29, 1.82) is 0 Å². The summed E-state index contributed by atoms with van der Waals surface area (Å²) >= 11 is 0. The molecule has 0 unspecified atom stereocenters. The van der Waals surface area contributed by atoms with Gasteiger partial charge in [-0.15, -0.1) is 0 Å². The maximum atomic E-state index is 14.4. The van der Waals surface area contributed by atoms with E-state index in [0.29, 0.717) is 23.4 Å². The van der Waals surface area contributed by atoms with Gasteiger partial charge in [-0.2, -0.15) is 0 Å². The fourth-order valence-corrected chi connectivity index (χ4v) is 6.07. The molecule has 5 rings (SSSR count). The fraction of sp³-hybridized carbons (Fsp3) is 0.483. The van der Waals surface area contributed by atoms with Crippen molar-refractivity contribution in [2.45, 2.75) is 77.5 Å². The largest absolute Gasteiger partial charge is 0.452 e. The summed E-state index contributed by atoms with van der Waals surface area (Å²) in [6, 6.07) is 8.57. The highest BCUT2D eigenvalue weighted by molar-refractivity contribution is 5.95. The number of nitrogens with zero attached hydrogens (tertiary/aromatic N) is 3. The van der Waals surface area contributed by atoms with Crippen molar-refractivity contribution in [2.75, 3.05) is 12.0 Å². The number of Topliss-reactive ketones (excluding diaryl/α,β-unsaturated/α-hetero) is 1. The molecule has 2 aliphatic rings. The van der Waals surface area contributed by atoms with Gasteiger partial charge in [-0.1, -0.05) is 18.6 Å². The lowest BCUT2D eigenvalue weighted by molar-refractivity contribution is -0.122. The van der Waals surface area contributed by atoms with Gasteiger partial charge < -0.3 is 14.4 Å². The van der Waals surface area contributed by atoms with Gasteiger partial charge in [0.1, 0.15) is 23.5 Å². The summed E-state index contributed by atoms with van der Waals surface area (Å²) in [5.74, 6) is 0.195. The summed E-state index contributed by atoms with van der Waals surface area (Å²) in [5, 5.41) is 11.5. The quantitative estimate of drug-likeness (QED) is 0.483. The molecule has 1 saturated carbocycles. The molecule has 196 valence electrons. The van der Waals surface area contributed by atoms with E-state index in [4.69, 9.17) is 9.72 Å². The standard InChI is InChI=1S/C29H34FN3O4/c1-16-8-10-20(15-23(16)30)27(35)28-31-26-22-11-9-17(2)32(29(36)37-4)24(22)12-13-25(26)33(28)21-7-5-6-19(14-21)18(3)34/h8,10,12-13,15,17,19,21,27,35H,5-7,9,11,14H2,1-4H3/t17-,19+,21+,27+/m0/s1. The number of ketones is 1. The van der Waals surface area contributed by atoms with Crippen molar-refractivity contribution in [3.05, 3.63) is 58.7 Å². The van der Waals surface area contributed by atoms with E-state index < -0.39 is 12.2 Å². The molecule has 1 aliphatic carbocycles. The number of fused-ring (bicyclic) bond motifs is 3. The number of imidazole rings is 1. The zero-order chi connectivity index (χ0) is 26.4. The number of halogens is 1. The first-order valence-electron chi connectivity index (χ1n) is 13.1. The summed E-state index contributed by atoms with van der Waals surface area (Å²) in [5.41, 5.74) is 4.21. The molecule has 1 aliphatic heterocycles. The molecule has 1 amide bonds. The van der Waals surface area contributed by atoms with Crippen molar-refractivity contribution < 1.29 is 23.8 Å². The number of carbonyl (C=O) groups excluding carboxylic acids is 2. The Hall–Kier alpha value is -3.26. The molecule has 0 spiro atoms. The summed E-state index contributed by atoms with van der Waals surface area (Å²) in [7, 11) is 1.38. The second kappa shape index (κ2) is 9.89. The zero-order valence-corrected chi connectivity index (χ0v) is 21.8. The second-order valence-electron chi connectivity index (χ2n) is 10.5. The van der Waals surface area contributed by atoms with Gasteiger partial charge in [0.05, 0.1) is 23.8 Å². The SMILES string of the molecule is COC(=O)N1c2ccc3c(nc([C@H](O)c4ccc(C)c(F)c4)n3[C@@H]3CCC[C@@H](C(C)=O)C3)c2CC[C@@H]1C. The molecular weight excluding hydrogens is 473 g/mol. The molecule has 1 fully saturated rings. The van der Waals surface area contributed by atoms with Gasteiger partial charge in [-0.3, -0.25) is 9.69 Å². The summed E-state index contributed by atoms with van der Waals surface area (Å²) in [6.07, 6.45) is 3.22. The Bertz CT molecular complexity index is 1370. The minimum atomic E-state index is -1.14. The van der Waals surface area contributed by atoms with Crippen LogP contribution in [0.3, 0.4) is 0 Å². The normalized spacial score (nSPS) is 22.5. The smallest absolute Gasteiger partial charge is 0.414 e. The third-order valence-corrected chi connectivity index (χ3v) is 8.20. The summed E-state index contributed by atoms with van der Waals surface area (Å²) in [6.45, 7) is 5.32. The Morgan fingerprint density at radius 3 is 2.68 bits per heavy atom. The molecule has 7 nitrogen and oxygen atoms in total. The molecule has 2 aromatic carbocycles. The van der Waals surface area contributed by atoms with Crippen LogP contribution in [-0.2, 0) is 16.0 Å². The average Bonchev–Trinajstić information content (AvgIpc) is 3.29. The highest BCUT2D eigenvalue weighted by Crippen LogP contribution is 2.42. The third-order valence-electron chi connectivity index (χ3n) is 8.20. The van der Waals surface area contributed by atoms with Crippen molar-refractivity contribution in [3.8, 4) is 0 Å². The molecule has 0 bridgehead atoms. The Kier molecular flexibility index (Phi) is 6.79. The number of carbonyl (C=O) groups is 2. The van der Waals surface area contributed by atoms with Crippen LogP contribution in [0.1, 0.15) is 80.6 Å². The van der Waals surface area contributed by atoms with Crippen LogP contribution in [0.4, 0.5) is 14.9 Å². The molecule has 1 aromatic heterocycles. The van der Waals surface area contributed by atoms with Crippen LogP contribution in [0.2, 0.25) is 0 Å². The summed E-state index contributed by atoms with van der Waals surface area (Å²) in [4.78, 5) is 31.5. The van der Waals surface area contributed by atoms with E-state index in [9.17, 15) is 19.1 Å². The van der Waals surface area contributed by atoms with Crippen molar-refractivity contribution in [1.82, 2.24) is 9.55 Å². The Labute approximate surface area is 216 Å². The van der Waals surface area contributed by atoms with Crippen LogP contribution < -0.4 is 4.90 Å². The van der Waals surface area contributed by atoms with Gasteiger partial charge in [0.25, 0.3) is 0 Å². The number of aromatic nitrogens is 2. The molecule has 0 radical (unpaired) electrons. The molecule has 2 heterocycles. The number of hydrogen-bond donors (Lipinski definition) is 1. The number of aryl methyl sites for hydroxylation is 2. The van der Waals surface area contributed by atoms with Gasteiger partial charge in [-0.25, -0.2) is 14.2 Å². The van der Waals surface area contributed by atoms with E-state index in [1.807, 2.05) is 19.1 Å². The number of benzene rings is 2. The molecule has 8 heteroatoms. The number of rotatable bonds is 4. The Morgan fingerprint density at radius 2 is 1.97 bits per heavy atom. The van der Waals surface area contributed by atoms with E-state index in [0.717, 1.165) is 54.4 Å². The van der Waals surface area contributed by atoms with Crippen LogP contribution in [-0.4, -0.2) is 39.7 Å². The van der Waals surface area contributed by atoms with Crippen LogP contribution in [0.25, 0.3) is 11.0 Å². The number of methoxy groups -OCH3 is 1. The van der Waals surface area contributed by atoms with Crippen LogP contribution in [0.5, 0.6) is 0 Å². The van der Waals surface area contributed by atoms with E-state index in [1.165, 1.54) is 13.2 Å². The van der Waals surface area contributed by atoms with Gasteiger partial charge >= 0.3 is 6.09 Å². The highest BCUT2D eigenvalue weighted by atomic mass is 19.1. The lowest BCUT2D eigenvalue weighted by atomic mass is 9.83. The van der Waals surface area contributed by atoms with Crippen LogP contribution >= 0.6 is 0 Å². The first kappa shape index (κ1) is 25.4. The first-order valence-corrected chi connectivity index (χ1v) is 13.1. The first-order chi connectivity index (χ1) is 17.7. The summed E-state index contributed by atoms with van der Waals surface area (Å²) < 4.78 is 21.6. The van der Waals surface area contributed by atoms with Crippen LogP contribution in [0.15, 0.2) is 30.3 Å². The number of ether oxygens (including phenoxy) is 1. The van der Waals surface area contributed by atoms with Gasteiger partial charge in [-0.05, 0) is 82.2 Å². The minimum absolute atomic E-state index is 0.0188. The monoisotopic (exact) mass is 507 g/mol. The average molecular weight is 508 g/mol. The number of anilines is 1. The molecule has 3 aromatic rings. The van der Waals surface area contributed by atoms with Crippen molar-refractivity contribution in [2.24, 2.45) is 5.92 Å². The van der Waals surface area contributed by atoms with Crippen LogP contribution in [0, 0.1) is 18.7 Å². The number of amides is 1. The molecule has 0 saturated heterocycles. The topological polar surface area (TPSA) is 84.7 Å². The predicted molar refractivity (Wildman–Crippen MR) is 139 cm³/mol. The number of hydrogen-bond acceptors (Lipinski definition) is 5. The van der Waals surface area contributed by atoms with Gasteiger partial charge in [0.2, 0.25) is 0 Å². The van der Waals surface area contributed by atoms with E-state index in [1.54, 1.807) is 30.9 Å². The van der Waals surface area contributed by atoms with Gasteiger partial charge in [0, 0.05) is 23.6 Å². The molecule has 4 atom stereocenters. The van der Waals surface area contributed by atoms with Crippen molar-refractivity contribution >= 4 is 28.6 Å².